The van der Waals surface area contributed by atoms with E-state index in [4.69, 9.17) is 10.5 Å². The van der Waals surface area contributed by atoms with Gasteiger partial charge in [0.2, 0.25) is 5.91 Å². The number of hydrogen-bond donors (Lipinski definition) is 2. The van der Waals surface area contributed by atoms with Gasteiger partial charge in [-0.25, -0.2) is 0 Å². The molecule has 1 fully saturated rings. The number of carbonyl (C=O) groups excluding carboxylic acids is 4. The van der Waals surface area contributed by atoms with Crippen LogP contribution in [0.4, 0.5) is 10.5 Å². The summed E-state index contributed by atoms with van der Waals surface area (Å²) in [4.78, 5) is 48.1. The number of benzene rings is 2. The number of hydrogen-bond acceptors (Lipinski definition) is 6. The fourth-order valence-electron chi connectivity index (χ4n) is 2.53. The second-order valence-electron chi connectivity index (χ2n) is 6.13. The molecule has 1 heterocycles. The molecule has 0 saturated carbocycles. The maximum absolute atomic E-state index is 12.3. The first-order chi connectivity index (χ1) is 14.3. The van der Waals surface area contributed by atoms with Crippen LogP contribution in [0.1, 0.15) is 5.56 Å². The molecule has 30 heavy (non-hydrogen) atoms. The van der Waals surface area contributed by atoms with E-state index in [-0.39, 0.29) is 17.4 Å². The lowest BCUT2D eigenvalue weighted by Crippen LogP contribution is -2.36. The molecule has 1 aliphatic heterocycles. The Balaban J connectivity index is 1.63. The molecule has 0 aliphatic carbocycles. The number of amides is 4. The first kappa shape index (κ1) is 21.6. The average Bonchev–Trinajstić information content (AvgIpc) is 2.95. The van der Waals surface area contributed by atoms with Crippen LogP contribution in [0.5, 0.6) is 5.75 Å². The lowest BCUT2D eigenvalue weighted by atomic mass is 10.2. The first-order valence-electron chi connectivity index (χ1n) is 8.64. The predicted molar refractivity (Wildman–Crippen MR) is 117 cm³/mol. The molecular weight excluding hydrogens is 474 g/mol. The van der Waals surface area contributed by atoms with Crippen LogP contribution in [0, 0.1) is 0 Å². The fourth-order valence-corrected chi connectivity index (χ4v) is 3.88. The van der Waals surface area contributed by atoms with Crippen LogP contribution in [0.3, 0.4) is 0 Å². The van der Waals surface area contributed by atoms with E-state index in [2.05, 4.69) is 21.2 Å². The van der Waals surface area contributed by atoms with Gasteiger partial charge in [0.15, 0.2) is 6.61 Å². The molecule has 0 unspecified atom stereocenters. The number of imide groups is 1. The van der Waals surface area contributed by atoms with Gasteiger partial charge in [0.1, 0.15) is 12.3 Å². The van der Waals surface area contributed by atoms with Crippen molar-refractivity contribution in [2.24, 2.45) is 5.73 Å². The van der Waals surface area contributed by atoms with Gasteiger partial charge < -0.3 is 15.8 Å². The number of rotatable bonds is 7. The monoisotopic (exact) mass is 489 g/mol. The third-order valence-electron chi connectivity index (χ3n) is 3.86. The summed E-state index contributed by atoms with van der Waals surface area (Å²) in [5, 5.41) is 2.17. The molecule has 1 aliphatic rings. The quantitative estimate of drug-likeness (QED) is 0.577. The lowest BCUT2D eigenvalue weighted by Gasteiger charge is -2.10. The Kier molecular flexibility index (Phi) is 6.91. The molecule has 0 bridgehead atoms. The largest absolute Gasteiger partial charge is 0.483 e. The maximum atomic E-state index is 12.3. The van der Waals surface area contributed by atoms with Crippen molar-refractivity contribution in [3.05, 3.63) is 63.5 Å². The summed E-state index contributed by atoms with van der Waals surface area (Å²) < 4.78 is 6.10. The van der Waals surface area contributed by atoms with Crippen molar-refractivity contribution in [3.63, 3.8) is 0 Å². The van der Waals surface area contributed by atoms with Gasteiger partial charge in [0.25, 0.3) is 17.1 Å². The van der Waals surface area contributed by atoms with Gasteiger partial charge in [0.05, 0.1) is 9.38 Å². The van der Waals surface area contributed by atoms with Crippen molar-refractivity contribution in [2.75, 3.05) is 18.5 Å². The molecule has 2 aromatic rings. The maximum Gasteiger partial charge on any atom is 0.294 e. The lowest BCUT2D eigenvalue weighted by molar-refractivity contribution is -0.127. The van der Waals surface area contributed by atoms with E-state index in [9.17, 15) is 19.2 Å². The Bertz CT molecular complexity index is 1040. The van der Waals surface area contributed by atoms with Gasteiger partial charge in [-0.2, -0.15) is 0 Å². The van der Waals surface area contributed by atoms with Crippen molar-refractivity contribution in [1.29, 1.82) is 0 Å². The van der Waals surface area contributed by atoms with Crippen LogP contribution >= 0.6 is 27.7 Å². The zero-order valence-electron chi connectivity index (χ0n) is 15.5. The number of ether oxygens (including phenoxy) is 1. The Labute approximate surface area is 184 Å². The second kappa shape index (κ2) is 9.59. The van der Waals surface area contributed by atoms with Crippen LogP contribution in [0.25, 0.3) is 6.08 Å². The van der Waals surface area contributed by atoms with Crippen LogP contribution in [0.15, 0.2) is 57.9 Å². The molecule has 8 nitrogen and oxygen atoms in total. The van der Waals surface area contributed by atoms with Gasteiger partial charge in [0, 0.05) is 5.69 Å². The van der Waals surface area contributed by atoms with Crippen LogP contribution in [-0.4, -0.2) is 41.0 Å². The molecule has 0 spiro atoms. The molecule has 3 rings (SSSR count). The Morgan fingerprint density at radius 3 is 2.57 bits per heavy atom. The molecule has 3 N–H and O–H groups in total. The number of nitrogens with one attached hydrogen (secondary N) is 1. The van der Waals surface area contributed by atoms with Crippen LogP contribution in [0.2, 0.25) is 0 Å². The van der Waals surface area contributed by atoms with E-state index in [1.807, 2.05) is 18.2 Å². The summed E-state index contributed by atoms with van der Waals surface area (Å²) in [5.74, 6) is -1.20. The van der Waals surface area contributed by atoms with E-state index in [1.54, 1.807) is 30.3 Å². The smallest absolute Gasteiger partial charge is 0.294 e. The zero-order chi connectivity index (χ0) is 21.7. The van der Waals surface area contributed by atoms with Crippen molar-refractivity contribution in [3.8, 4) is 5.75 Å². The molecule has 154 valence electrons. The Morgan fingerprint density at radius 2 is 1.90 bits per heavy atom. The third-order valence-corrected chi connectivity index (χ3v) is 5.38. The SMILES string of the molecule is NC(=O)CN1C(=O)S/C(=C\c2ccc(OCC(=O)Nc3ccccc3)c(Br)c2)C1=O. The van der Waals surface area contributed by atoms with E-state index in [0.29, 0.717) is 21.5 Å². The minimum absolute atomic E-state index is 0.182. The summed E-state index contributed by atoms with van der Waals surface area (Å²) >= 11 is 4.10. The molecular formula is C20H16BrN3O5S. The number of carbonyl (C=O) groups is 4. The van der Waals surface area contributed by atoms with Gasteiger partial charge in [-0.05, 0) is 63.6 Å². The summed E-state index contributed by atoms with van der Waals surface area (Å²) in [6.07, 6.45) is 1.53. The number of para-hydroxylation sites is 1. The zero-order valence-corrected chi connectivity index (χ0v) is 17.9. The number of halogens is 1. The van der Waals surface area contributed by atoms with Crippen LogP contribution in [-0.2, 0) is 14.4 Å². The van der Waals surface area contributed by atoms with Crippen molar-refractivity contribution in [2.45, 2.75) is 0 Å². The average molecular weight is 490 g/mol. The normalized spacial score (nSPS) is 14.8. The number of primary amides is 1. The van der Waals surface area contributed by atoms with Crippen molar-refractivity contribution < 1.29 is 23.9 Å². The van der Waals surface area contributed by atoms with Gasteiger partial charge in [-0.3, -0.25) is 24.1 Å². The highest BCUT2D eigenvalue weighted by Crippen LogP contribution is 2.33. The second-order valence-corrected chi connectivity index (χ2v) is 7.97. The number of thioether (sulfide) groups is 1. The molecule has 0 atom stereocenters. The fraction of sp³-hybridized carbons (Fsp3) is 0.100. The number of anilines is 1. The Hall–Kier alpha value is -3.11. The van der Waals surface area contributed by atoms with E-state index in [1.165, 1.54) is 6.08 Å². The van der Waals surface area contributed by atoms with Gasteiger partial charge in [-0.1, -0.05) is 24.3 Å². The third kappa shape index (κ3) is 5.49. The number of nitrogens with two attached hydrogens (primary N) is 1. The van der Waals surface area contributed by atoms with Crippen LogP contribution < -0.4 is 15.8 Å². The highest BCUT2D eigenvalue weighted by atomic mass is 79.9. The summed E-state index contributed by atoms with van der Waals surface area (Å²) in [6.45, 7) is -0.637. The molecule has 2 aromatic carbocycles. The summed E-state index contributed by atoms with van der Waals surface area (Å²) in [7, 11) is 0. The topological polar surface area (TPSA) is 119 Å². The van der Waals surface area contributed by atoms with Gasteiger partial charge in [-0.15, -0.1) is 0 Å². The van der Waals surface area contributed by atoms with E-state index >= 15 is 0 Å². The van der Waals surface area contributed by atoms with Crippen molar-refractivity contribution in [1.82, 2.24) is 4.90 Å². The minimum atomic E-state index is -0.765. The van der Waals surface area contributed by atoms with E-state index in [0.717, 1.165) is 16.7 Å². The minimum Gasteiger partial charge on any atom is -0.483 e. The van der Waals surface area contributed by atoms with E-state index < -0.39 is 23.6 Å². The highest BCUT2D eigenvalue weighted by molar-refractivity contribution is 9.10. The Morgan fingerprint density at radius 1 is 1.17 bits per heavy atom. The number of nitrogens with zero attached hydrogens (tertiary/aromatic N) is 1. The predicted octanol–water partition coefficient (Wildman–Crippen LogP) is 2.99. The molecule has 1 saturated heterocycles. The van der Waals surface area contributed by atoms with Gasteiger partial charge >= 0.3 is 0 Å². The first-order valence-corrected chi connectivity index (χ1v) is 10.3. The standard InChI is InChI=1S/C20H16BrN3O5S/c21-14-8-12(9-16-19(27)24(10-17(22)25)20(28)30-16)6-7-15(14)29-11-18(26)23-13-4-2-1-3-5-13/h1-9H,10-11H2,(H2,22,25)(H,23,26)/b16-9-. The highest BCUT2D eigenvalue weighted by Gasteiger charge is 2.35. The summed E-state index contributed by atoms with van der Waals surface area (Å²) in [6, 6.07) is 14.0. The molecule has 0 aromatic heterocycles. The van der Waals surface area contributed by atoms with Crippen molar-refractivity contribution >= 4 is 62.4 Å². The molecule has 10 heteroatoms. The molecule has 4 amide bonds. The summed E-state index contributed by atoms with van der Waals surface area (Å²) in [5.41, 5.74) is 6.37. The molecule has 0 radical (unpaired) electrons.